The van der Waals surface area contributed by atoms with E-state index in [2.05, 4.69) is 0 Å². The predicted molar refractivity (Wildman–Crippen MR) is 55.8 cm³/mol. The molecule has 0 aliphatic rings. The summed E-state index contributed by atoms with van der Waals surface area (Å²) in [5.41, 5.74) is 0.428. The molecule has 0 unspecified atom stereocenters. The van der Waals surface area contributed by atoms with Gasteiger partial charge in [-0.25, -0.2) is 0 Å². The number of hydrogen-bond donors (Lipinski definition) is 3. The summed E-state index contributed by atoms with van der Waals surface area (Å²) < 4.78 is 1.18. The van der Waals surface area contributed by atoms with E-state index in [9.17, 15) is 15.3 Å². The average Bonchev–Trinajstić information content (AvgIpc) is 2.52. The van der Waals surface area contributed by atoms with Gasteiger partial charge in [-0.15, -0.1) is 0 Å². The predicted octanol–water partition coefficient (Wildman–Crippen LogP) is 2.25. The van der Waals surface area contributed by atoms with Crippen LogP contribution in [0.25, 0.3) is 5.69 Å². The number of phenolic OH excluding ortho intramolecular Hbond substituents is 1. The average molecular weight is 226 g/mol. The van der Waals surface area contributed by atoms with Crippen molar-refractivity contribution in [3.05, 3.63) is 35.4 Å². The van der Waals surface area contributed by atoms with Crippen molar-refractivity contribution in [2.45, 2.75) is 0 Å². The van der Waals surface area contributed by atoms with Gasteiger partial charge in [0.25, 0.3) is 0 Å². The Kier molecular flexibility index (Phi) is 2.21. The van der Waals surface area contributed by atoms with Crippen LogP contribution in [0.5, 0.6) is 17.5 Å². The standard InChI is InChI=1S/C10H8ClNO3/c11-7-2-1-6(5-8(7)13)12-9(14)3-4-10(12)15/h1-5,13-15H. The molecule has 0 saturated carbocycles. The third-order valence-corrected chi connectivity index (χ3v) is 2.35. The SMILES string of the molecule is Oc1cc(-n2c(O)ccc2O)ccc1Cl. The van der Waals surface area contributed by atoms with Gasteiger partial charge in [0, 0.05) is 18.2 Å². The van der Waals surface area contributed by atoms with Crippen LogP contribution in [0.1, 0.15) is 0 Å². The number of halogens is 1. The van der Waals surface area contributed by atoms with Crippen LogP contribution in [0, 0.1) is 0 Å². The highest BCUT2D eigenvalue weighted by Gasteiger charge is 2.09. The fraction of sp³-hybridized carbons (Fsp3) is 0. The Labute approximate surface area is 90.6 Å². The highest BCUT2D eigenvalue weighted by Crippen LogP contribution is 2.31. The van der Waals surface area contributed by atoms with E-state index in [1.54, 1.807) is 6.07 Å². The molecule has 5 heteroatoms. The number of aromatic hydroxyl groups is 3. The van der Waals surface area contributed by atoms with Gasteiger partial charge in [-0.1, -0.05) is 11.6 Å². The first kappa shape index (κ1) is 9.73. The molecule has 2 aromatic rings. The molecule has 0 atom stereocenters. The molecule has 1 aromatic carbocycles. The molecule has 0 aliphatic heterocycles. The quantitative estimate of drug-likeness (QED) is 0.697. The number of hydrogen-bond acceptors (Lipinski definition) is 3. The van der Waals surface area contributed by atoms with E-state index in [1.807, 2.05) is 0 Å². The molecule has 15 heavy (non-hydrogen) atoms. The van der Waals surface area contributed by atoms with Crippen LogP contribution in [0.15, 0.2) is 30.3 Å². The molecule has 1 heterocycles. The molecule has 3 N–H and O–H groups in total. The third kappa shape index (κ3) is 1.59. The summed E-state index contributed by atoms with van der Waals surface area (Å²) in [6.45, 7) is 0. The highest BCUT2D eigenvalue weighted by molar-refractivity contribution is 6.32. The Balaban J connectivity index is 2.59. The zero-order chi connectivity index (χ0) is 11.0. The second-order valence-corrected chi connectivity index (χ2v) is 3.43. The molecule has 0 fully saturated rings. The van der Waals surface area contributed by atoms with Gasteiger partial charge < -0.3 is 15.3 Å². The first-order valence-corrected chi connectivity index (χ1v) is 4.56. The van der Waals surface area contributed by atoms with Gasteiger partial charge in [0.2, 0.25) is 0 Å². The highest BCUT2D eigenvalue weighted by atomic mass is 35.5. The van der Waals surface area contributed by atoms with E-state index < -0.39 is 0 Å². The minimum atomic E-state index is -0.116. The van der Waals surface area contributed by atoms with Gasteiger partial charge in [0.1, 0.15) is 5.75 Å². The van der Waals surface area contributed by atoms with Gasteiger partial charge in [-0.2, -0.15) is 0 Å². The number of aromatic nitrogens is 1. The zero-order valence-corrected chi connectivity index (χ0v) is 8.31. The van der Waals surface area contributed by atoms with Crippen molar-refractivity contribution in [3.63, 3.8) is 0 Å². The van der Waals surface area contributed by atoms with E-state index >= 15 is 0 Å². The lowest BCUT2D eigenvalue weighted by atomic mass is 10.3. The van der Waals surface area contributed by atoms with Crippen LogP contribution in [0.3, 0.4) is 0 Å². The summed E-state index contributed by atoms with van der Waals surface area (Å²) in [5.74, 6) is -0.342. The van der Waals surface area contributed by atoms with Crippen molar-refractivity contribution in [2.75, 3.05) is 0 Å². The first-order chi connectivity index (χ1) is 7.09. The molecule has 0 bridgehead atoms. The third-order valence-electron chi connectivity index (χ3n) is 2.03. The van der Waals surface area contributed by atoms with Gasteiger partial charge in [0.05, 0.1) is 10.7 Å². The lowest BCUT2D eigenvalue weighted by Crippen LogP contribution is -1.91. The summed E-state index contributed by atoms with van der Waals surface area (Å²) >= 11 is 5.64. The van der Waals surface area contributed by atoms with Crippen LogP contribution in [-0.4, -0.2) is 19.9 Å². The minimum absolute atomic E-state index is 0.110. The van der Waals surface area contributed by atoms with Crippen molar-refractivity contribution >= 4 is 11.6 Å². The summed E-state index contributed by atoms with van der Waals surface area (Å²) in [5, 5.41) is 28.5. The summed E-state index contributed by atoms with van der Waals surface area (Å²) in [6.07, 6.45) is 0. The van der Waals surface area contributed by atoms with Crippen LogP contribution >= 0.6 is 11.6 Å². The fourth-order valence-electron chi connectivity index (χ4n) is 1.32. The maximum absolute atomic E-state index is 9.43. The Morgan fingerprint density at radius 2 is 1.53 bits per heavy atom. The number of nitrogens with zero attached hydrogens (tertiary/aromatic N) is 1. The molecule has 0 spiro atoms. The first-order valence-electron chi connectivity index (χ1n) is 4.18. The molecule has 0 saturated heterocycles. The maximum atomic E-state index is 9.43. The van der Waals surface area contributed by atoms with Crippen LogP contribution in [0.4, 0.5) is 0 Å². The molecular formula is C10H8ClNO3. The maximum Gasteiger partial charge on any atom is 0.198 e. The molecule has 78 valence electrons. The monoisotopic (exact) mass is 225 g/mol. The molecule has 0 amide bonds. The number of benzene rings is 1. The minimum Gasteiger partial charge on any atom is -0.506 e. The van der Waals surface area contributed by atoms with Crippen molar-refractivity contribution in [1.82, 2.24) is 4.57 Å². The second-order valence-electron chi connectivity index (χ2n) is 3.02. The Morgan fingerprint density at radius 1 is 0.933 bits per heavy atom. The molecule has 2 rings (SSSR count). The summed E-state index contributed by atoms with van der Waals surface area (Å²) in [7, 11) is 0. The van der Waals surface area contributed by atoms with E-state index in [-0.39, 0.29) is 22.5 Å². The van der Waals surface area contributed by atoms with Crippen LogP contribution in [-0.2, 0) is 0 Å². The summed E-state index contributed by atoms with van der Waals surface area (Å²) in [6, 6.07) is 7.09. The van der Waals surface area contributed by atoms with Gasteiger partial charge in [0.15, 0.2) is 11.8 Å². The van der Waals surface area contributed by atoms with Gasteiger partial charge in [-0.05, 0) is 12.1 Å². The van der Waals surface area contributed by atoms with Crippen molar-refractivity contribution in [3.8, 4) is 23.2 Å². The fourth-order valence-corrected chi connectivity index (χ4v) is 1.44. The Hall–Kier alpha value is -1.81. The summed E-state index contributed by atoms with van der Waals surface area (Å²) in [4.78, 5) is 0. The van der Waals surface area contributed by atoms with Crippen molar-refractivity contribution < 1.29 is 15.3 Å². The lowest BCUT2D eigenvalue weighted by molar-refractivity contribution is 0.402. The van der Waals surface area contributed by atoms with Gasteiger partial charge >= 0.3 is 0 Å². The molecular weight excluding hydrogens is 218 g/mol. The number of phenols is 1. The second kappa shape index (κ2) is 3.40. The largest absolute Gasteiger partial charge is 0.506 e. The number of rotatable bonds is 1. The van der Waals surface area contributed by atoms with Crippen molar-refractivity contribution in [1.29, 1.82) is 0 Å². The lowest BCUT2D eigenvalue weighted by Gasteiger charge is -2.07. The molecule has 1 aromatic heterocycles. The topological polar surface area (TPSA) is 65.6 Å². The normalized spacial score (nSPS) is 10.5. The molecule has 4 nitrogen and oxygen atoms in total. The van der Waals surface area contributed by atoms with E-state index in [0.29, 0.717) is 5.69 Å². The van der Waals surface area contributed by atoms with E-state index in [0.717, 1.165) is 0 Å². The molecule has 0 radical (unpaired) electrons. The van der Waals surface area contributed by atoms with E-state index in [4.69, 9.17) is 11.6 Å². The Morgan fingerprint density at radius 3 is 2.07 bits per heavy atom. The Bertz CT molecular complexity index is 488. The van der Waals surface area contributed by atoms with Crippen molar-refractivity contribution in [2.24, 2.45) is 0 Å². The van der Waals surface area contributed by atoms with Gasteiger partial charge in [-0.3, -0.25) is 4.57 Å². The van der Waals surface area contributed by atoms with Crippen LogP contribution < -0.4 is 0 Å². The smallest absolute Gasteiger partial charge is 0.198 e. The van der Waals surface area contributed by atoms with Crippen LogP contribution in [0.2, 0.25) is 5.02 Å². The zero-order valence-electron chi connectivity index (χ0n) is 7.55. The van der Waals surface area contributed by atoms with E-state index in [1.165, 1.54) is 28.8 Å². The molecule has 0 aliphatic carbocycles.